The van der Waals surface area contributed by atoms with Crippen LogP contribution < -0.4 is 0 Å². The Morgan fingerprint density at radius 3 is 2.79 bits per heavy atom. The Hall–Kier alpha value is -1.70. The van der Waals surface area contributed by atoms with Crippen LogP contribution in [0.3, 0.4) is 0 Å². The van der Waals surface area contributed by atoms with Crippen LogP contribution >= 0.6 is 23.2 Å². The predicted octanol–water partition coefficient (Wildman–Crippen LogP) is 2.23. The second kappa shape index (κ2) is 5.52. The van der Waals surface area contributed by atoms with Crippen molar-refractivity contribution in [2.75, 3.05) is 0 Å². The average molecular weight is 303 g/mol. The van der Waals surface area contributed by atoms with Crippen LogP contribution in [0.15, 0.2) is 24.5 Å². The van der Waals surface area contributed by atoms with E-state index in [-0.39, 0.29) is 6.54 Å². The number of aliphatic hydroxyl groups excluding tert-OH is 1. The maximum Gasteiger partial charge on any atom is 0.490 e. The van der Waals surface area contributed by atoms with Gasteiger partial charge in [-0.2, -0.15) is 4.68 Å². The van der Waals surface area contributed by atoms with Crippen LogP contribution in [0.25, 0.3) is 0 Å². The van der Waals surface area contributed by atoms with Crippen molar-refractivity contribution in [3.63, 3.8) is 0 Å². The minimum atomic E-state index is -0.967. The summed E-state index contributed by atoms with van der Waals surface area (Å²) < 4.78 is 1.17. The van der Waals surface area contributed by atoms with Gasteiger partial charge < -0.3 is 15.2 Å². The predicted molar refractivity (Wildman–Crippen MR) is 68.1 cm³/mol. The number of nitrogens with zero attached hydrogens (tertiary/aromatic N) is 4. The number of hydrogen-bond donors (Lipinski definition) is 1. The quantitative estimate of drug-likeness (QED) is 0.690. The van der Waals surface area contributed by atoms with Crippen molar-refractivity contribution in [2.24, 2.45) is 0 Å². The van der Waals surface area contributed by atoms with E-state index in [1.807, 2.05) is 0 Å². The lowest BCUT2D eigenvalue weighted by molar-refractivity contribution is -0.394. The van der Waals surface area contributed by atoms with Gasteiger partial charge in [-0.05, 0) is 17.1 Å². The molecule has 9 heteroatoms. The molecule has 7 nitrogen and oxygen atoms in total. The fraction of sp³-hybridized carbons (Fsp3) is 0.200. The molecule has 1 atom stereocenters. The Bertz CT molecular complexity index is 617. The lowest BCUT2D eigenvalue weighted by Gasteiger charge is -2.11. The summed E-state index contributed by atoms with van der Waals surface area (Å²) in [7, 11) is 0. The molecule has 1 aromatic heterocycles. The first-order valence-corrected chi connectivity index (χ1v) is 5.90. The molecule has 0 saturated carbocycles. The summed E-state index contributed by atoms with van der Waals surface area (Å²) in [4.78, 5) is 13.2. The first kappa shape index (κ1) is 13.7. The lowest BCUT2D eigenvalue weighted by atomic mass is 10.1. The molecule has 0 spiro atoms. The highest BCUT2D eigenvalue weighted by molar-refractivity contribution is 6.35. The number of halogens is 2. The molecule has 1 aromatic carbocycles. The van der Waals surface area contributed by atoms with E-state index in [1.165, 1.54) is 17.1 Å². The molecule has 0 amide bonds. The van der Waals surface area contributed by atoms with E-state index in [9.17, 15) is 15.2 Å². The van der Waals surface area contributed by atoms with E-state index < -0.39 is 17.0 Å². The van der Waals surface area contributed by atoms with Crippen LogP contribution in [0.4, 0.5) is 5.95 Å². The molecule has 0 aliphatic carbocycles. The van der Waals surface area contributed by atoms with Gasteiger partial charge >= 0.3 is 5.95 Å². The third-order valence-corrected chi connectivity index (χ3v) is 2.93. The molecule has 1 N–H and O–H groups in total. The van der Waals surface area contributed by atoms with Gasteiger partial charge in [0.25, 0.3) is 0 Å². The zero-order valence-corrected chi connectivity index (χ0v) is 10.9. The van der Waals surface area contributed by atoms with Crippen molar-refractivity contribution in [3.05, 3.63) is 50.2 Å². The van der Waals surface area contributed by atoms with Crippen molar-refractivity contribution in [2.45, 2.75) is 12.6 Å². The van der Waals surface area contributed by atoms with E-state index in [0.717, 1.165) is 0 Å². The Kier molecular flexibility index (Phi) is 3.98. The minimum Gasteiger partial charge on any atom is -0.390 e. The highest BCUT2D eigenvalue weighted by Gasteiger charge is 2.18. The standard InChI is InChI=1S/C10H8Cl2N4O3/c11-6-1-2-7(8(12)3-6)9(17)4-15-5-13-10(14-15)16(18)19/h1-3,5,9,17H,4H2. The SMILES string of the molecule is O=[N+]([O-])c1ncn(CC(O)c2ccc(Cl)cc2Cl)n1. The molecule has 0 aliphatic heterocycles. The number of aromatic nitrogens is 3. The van der Waals surface area contributed by atoms with Crippen LogP contribution in [0.5, 0.6) is 0 Å². The molecule has 0 bridgehead atoms. The molecule has 2 aromatic rings. The summed E-state index contributed by atoms with van der Waals surface area (Å²) in [6, 6.07) is 4.68. The number of aliphatic hydroxyl groups is 1. The molecule has 0 radical (unpaired) electrons. The largest absolute Gasteiger partial charge is 0.490 e. The van der Waals surface area contributed by atoms with E-state index in [2.05, 4.69) is 10.1 Å². The van der Waals surface area contributed by atoms with Crippen LogP contribution in [0, 0.1) is 10.1 Å². The minimum absolute atomic E-state index is 0.00217. The second-order valence-corrected chi connectivity index (χ2v) is 4.55. The van der Waals surface area contributed by atoms with Gasteiger partial charge in [0.1, 0.15) is 6.10 Å². The Balaban J connectivity index is 2.15. The van der Waals surface area contributed by atoms with Crippen molar-refractivity contribution in [1.29, 1.82) is 0 Å². The van der Waals surface area contributed by atoms with Gasteiger partial charge in [-0.25, -0.2) is 0 Å². The zero-order chi connectivity index (χ0) is 14.0. The van der Waals surface area contributed by atoms with Crippen LogP contribution in [-0.4, -0.2) is 24.8 Å². The highest BCUT2D eigenvalue weighted by Crippen LogP contribution is 2.27. The molecule has 0 saturated heterocycles. The molecular formula is C10H8Cl2N4O3. The van der Waals surface area contributed by atoms with Crippen molar-refractivity contribution in [3.8, 4) is 0 Å². The van der Waals surface area contributed by atoms with E-state index in [1.54, 1.807) is 12.1 Å². The highest BCUT2D eigenvalue weighted by atomic mass is 35.5. The molecular weight excluding hydrogens is 295 g/mol. The average Bonchev–Trinajstić information content (AvgIpc) is 2.77. The second-order valence-electron chi connectivity index (χ2n) is 3.71. The van der Waals surface area contributed by atoms with E-state index in [0.29, 0.717) is 15.6 Å². The fourth-order valence-corrected chi connectivity index (χ4v) is 2.04. The van der Waals surface area contributed by atoms with Crippen molar-refractivity contribution >= 4 is 29.2 Å². The van der Waals surface area contributed by atoms with Gasteiger partial charge in [0, 0.05) is 20.7 Å². The van der Waals surface area contributed by atoms with E-state index in [4.69, 9.17) is 23.2 Å². The Morgan fingerprint density at radius 2 is 2.21 bits per heavy atom. The van der Waals surface area contributed by atoms with Crippen LogP contribution in [-0.2, 0) is 6.54 Å². The van der Waals surface area contributed by atoms with Gasteiger partial charge in [-0.15, -0.1) is 0 Å². The lowest BCUT2D eigenvalue weighted by Crippen LogP contribution is -2.10. The van der Waals surface area contributed by atoms with Gasteiger partial charge in [0.2, 0.25) is 6.33 Å². The molecule has 19 heavy (non-hydrogen) atoms. The summed E-state index contributed by atoms with van der Waals surface area (Å²) >= 11 is 11.7. The summed E-state index contributed by atoms with van der Waals surface area (Å²) in [5.41, 5.74) is 0.462. The van der Waals surface area contributed by atoms with Gasteiger partial charge in [-0.1, -0.05) is 34.3 Å². The molecule has 1 heterocycles. The Labute approximate surface area is 117 Å². The summed E-state index contributed by atoms with van der Waals surface area (Å²) in [5.74, 6) is -0.519. The number of benzene rings is 1. The van der Waals surface area contributed by atoms with Gasteiger partial charge in [0.05, 0.1) is 6.54 Å². The molecule has 1 unspecified atom stereocenters. The normalized spacial score (nSPS) is 12.4. The number of hydrogen-bond acceptors (Lipinski definition) is 5. The molecule has 0 fully saturated rings. The third kappa shape index (κ3) is 3.19. The van der Waals surface area contributed by atoms with E-state index >= 15 is 0 Å². The first-order chi connectivity index (χ1) is 8.97. The molecule has 100 valence electrons. The van der Waals surface area contributed by atoms with Gasteiger partial charge in [0.15, 0.2) is 0 Å². The van der Waals surface area contributed by atoms with Crippen LogP contribution in [0.2, 0.25) is 10.0 Å². The van der Waals surface area contributed by atoms with Gasteiger partial charge in [-0.3, -0.25) is 0 Å². The van der Waals surface area contributed by atoms with Crippen molar-refractivity contribution in [1.82, 2.24) is 14.8 Å². The zero-order valence-electron chi connectivity index (χ0n) is 9.40. The topological polar surface area (TPSA) is 94.1 Å². The first-order valence-electron chi connectivity index (χ1n) is 5.14. The fourth-order valence-electron chi connectivity index (χ4n) is 1.50. The smallest absolute Gasteiger partial charge is 0.390 e. The third-order valence-electron chi connectivity index (χ3n) is 2.37. The molecule has 2 rings (SSSR count). The summed E-state index contributed by atoms with van der Waals surface area (Å²) in [6.07, 6.45) is 0.205. The molecule has 0 aliphatic rings. The maximum absolute atomic E-state index is 10.4. The maximum atomic E-state index is 10.4. The number of rotatable bonds is 4. The van der Waals surface area contributed by atoms with Crippen molar-refractivity contribution < 1.29 is 10.0 Å². The Morgan fingerprint density at radius 1 is 1.47 bits per heavy atom. The summed E-state index contributed by atoms with van der Waals surface area (Å²) in [6.45, 7) is 0.00217. The summed E-state index contributed by atoms with van der Waals surface area (Å²) in [5, 5.41) is 24.8. The number of nitro groups is 1. The van der Waals surface area contributed by atoms with Crippen LogP contribution in [0.1, 0.15) is 11.7 Å². The monoisotopic (exact) mass is 302 g/mol.